The summed E-state index contributed by atoms with van der Waals surface area (Å²) in [6.07, 6.45) is 11.9. The van der Waals surface area contributed by atoms with Crippen LogP contribution < -0.4 is 0 Å². The third-order valence-electron chi connectivity index (χ3n) is 2.54. The van der Waals surface area contributed by atoms with Crippen molar-refractivity contribution < 1.29 is 5.11 Å². The molecule has 0 bridgehead atoms. The molecule has 0 saturated heterocycles. The van der Waals surface area contributed by atoms with E-state index in [1.54, 1.807) is 6.08 Å². The third-order valence-corrected chi connectivity index (χ3v) is 2.98. The van der Waals surface area contributed by atoms with Gasteiger partial charge in [0.1, 0.15) is 4.61 Å². The number of allylic oxidation sites excluding steroid dienone is 4. The summed E-state index contributed by atoms with van der Waals surface area (Å²) in [5.74, 6) is 2.87. The van der Waals surface area contributed by atoms with E-state index in [1.165, 1.54) is 0 Å². The molecule has 1 rings (SSSR count). The molecule has 1 aliphatic heterocycles. The maximum absolute atomic E-state index is 9.32. The van der Waals surface area contributed by atoms with Gasteiger partial charge < -0.3 is 5.11 Å². The van der Waals surface area contributed by atoms with Gasteiger partial charge in [0.2, 0.25) is 0 Å². The van der Waals surface area contributed by atoms with Crippen molar-refractivity contribution in [3.8, 4) is 12.3 Å². The SMILES string of the molecule is C#C\C=C(CO)/C1=N/C(Br)=C\C(C)C\C=C\1C. The number of aliphatic imine (C=N–C) groups is 1. The lowest BCUT2D eigenvalue weighted by atomic mass is 9.98. The minimum atomic E-state index is -0.107. The molecule has 0 saturated carbocycles. The molecular weight excluding hydrogens is 278 g/mol. The quantitative estimate of drug-likeness (QED) is 0.615. The summed E-state index contributed by atoms with van der Waals surface area (Å²) in [7, 11) is 0. The lowest BCUT2D eigenvalue weighted by Gasteiger charge is -2.13. The molecule has 2 nitrogen and oxygen atoms in total. The molecule has 0 spiro atoms. The highest BCUT2D eigenvalue weighted by atomic mass is 79.9. The van der Waals surface area contributed by atoms with Crippen molar-refractivity contribution in [2.75, 3.05) is 6.61 Å². The maximum atomic E-state index is 9.32. The normalized spacial score (nSPS) is 30.9. The van der Waals surface area contributed by atoms with E-state index < -0.39 is 0 Å². The van der Waals surface area contributed by atoms with Crippen molar-refractivity contribution in [3.05, 3.63) is 34.0 Å². The van der Waals surface area contributed by atoms with Crippen molar-refractivity contribution >= 4 is 21.6 Å². The minimum absolute atomic E-state index is 0.107. The molecule has 1 unspecified atom stereocenters. The average Bonchev–Trinajstić information content (AvgIpc) is 2.29. The van der Waals surface area contributed by atoms with Crippen molar-refractivity contribution in [1.29, 1.82) is 0 Å². The third kappa shape index (κ3) is 3.99. The van der Waals surface area contributed by atoms with E-state index in [0.717, 1.165) is 22.3 Å². The van der Waals surface area contributed by atoms with Crippen LogP contribution in [0.5, 0.6) is 0 Å². The predicted molar refractivity (Wildman–Crippen MR) is 76.0 cm³/mol. The summed E-state index contributed by atoms with van der Waals surface area (Å²) in [4.78, 5) is 4.46. The highest BCUT2D eigenvalue weighted by Gasteiger charge is 2.12. The maximum Gasteiger partial charge on any atom is 0.103 e. The Labute approximate surface area is 111 Å². The number of aliphatic hydroxyl groups is 1. The smallest absolute Gasteiger partial charge is 0.103 e. The second-order valence-electron chi connectivity index (χ2n) is 4.04. The van der Waals surface area contributed by atoms with Crippen molar-refractivity contribution in [2.45, 2.75) is 20.3 Å². The van der Waals surface area contributed by atoms with Crippen LogP contribution in [0.25, 0.3) is 0 Å². The molecule has 3 heteroatoms. The summed E-state index contributed by atoms with van der Waals surface area (Å²) in [5.41, 5.74) is 2.46. The molecule has 0 radical (unpaired) electrons. The Hall–Kier alpha value is -1.11. The van der Waals surface area contributed by atoms with E-state index in [0.29, 0.717) is 11.5 Å². The molecule has 1 aliphatic rings. The highest BCUT2D eigenvalue weighted by molar-refractivity contribution is 9.11. The monoisotopic (exact) mass is 293 g/mol. The summed E-state index contributed by atoms with van der Waals surface area (Å²) in [6.45, 7) is 4.01. The number of nitrogens with zero attached hydrogens (tertiary/aromatic N) is 1. The van der Waals surface area contributed by atoms with E-state index in [2.05, 4.69) is 39.8 Å². The fraction of sp³-hybridized carbons (Fsp3) is 0.357. The molecule has 0 aliphatic carbocycles. The molecule has 0 fully saturated rings. The Bertz CT molecular complexity index is 449. The molecule has 1 heterocycles. The average molecular weight is 294 g/mol. The van der Waals surface area contributed by atoms with Crippen LogP contribution in [0.4, 0.5) is 0 Å². The van der Waals surface area contributed by atoms with Crippen molar-refractivity contribution in [3.63, 3.8) is 0 Å². The van der Waals surface area contributed by atoms with Gasteiger partial charge in [-0.05, 0) is 52.9 Å². The van der Waals surface area contributed by atoms with Crippen LogP contribution in [0.15, 0.2) is 39.0 Å². The van der Waals surface area contributed by atoms with Gasteiger partial charge >= 0.3 is 0 Å². The highest BCUT2D eigenvalue weighted by Crippen LogP contribution is 2.22. The summed E-state index contributed by atoms with van der Waals surface area (Å²) in [6, 6.07) is 0. The van der Waals surface area contributed by atoms with Crippen LogP contribution in [0.2, 0.25) is 0 Å². The van der Waals surface area contributed by atoms with Crippen molar-refractivity contribution in [1.82, 2.24) is 0 Å². The van der Waals surface area contributed by atoms with Gasteiger partial charge in [-0.25, -0.2) is 4.99 Å². The first-order chi connectivity index (χ1) is 8.08. The van der Waals surface area contributed by atoms with Gasteiger partial charge in [0, 0.05) is 5.57 Å². The van der Waals surface area contributed by atoms with Gasteiger partial charge in [-0.15, -0.1) is 6.42 Å². The van der Waals surface area contributed by atoms with E-state index in [-0.39, 0.29) is 6.61 Å². The van der Waals surface area contributed by atoms with Crippen LogP contribution in [-0.4, -0.2) is 17.4 Å². The van der Waals surface area contributed by atoms with Crippen LogP contribution >= 0.6 is 15.9 Å². The Morgan fingerprint density at radius 1 is 1.76 bits per heavy atom. The zero-order chi connectivity index (χ0) is 12.8. The zero-order valence-electron chi connectivity index (χ0n) is 10.1. The summed E-state index contributed by atoms with van der Waals surface area (Å²) < 4.78 is 0.781. The van der Waals surface area contributed by atoms with Gasteiger partial charge in [0.15, 0.2) is 0 Å². The van der Waals surface area contributed by atoms with E-state index in [4.69, 9.17) is 6.42 Å². The van der Waals surface area contributed by atoms with Crippen LogP contribution in [0, 0.1) is 18.3 Å². The van der Waals surface area contributed by atoms with Gasteiger partial charge in [0.25, 0.3) is 0 Å². The summed E-state index contributed by atoms with van der Waals surface area (Å²) >= 11 is 3.42. The number of hydrogen-bond acceptors (Lipinski definition) is 2. The van der Waals surface area contributed by atoms with E-state index in [1.807, 2.05) is 13.0 Å². The number of halogens is 1. The Balaban J connectivity index is 3.23. The Morgan fingerprint density at radius 2 is 2.47 bits per heavy atom. The molecule has 1 atom stereocenters. The second-order valence-corrected chi connectivity index (χ2v) is 4.86. The van der Waals surface area contributed by atoms with E-state index >= 15 is 0 Å². The molecular formula is C14H16BrNO. The van der Waals surface area contributed by atoms with Crippen LogP contribution in [0.3, 0.4) is 0 Å². The predicted octanol–water partition coefficient (Wildman–Crippen LogP) is 3.20. The van der Waals surface area contributed by atoms with Gasteiger partial charge in [-0.1, -0.05) is 18.9 Å². The first kappa shape index (κ1) is 14.0. The lowest BCUT2D eigenvalue weighted by Crippen LogP contribution is -2.10. The Kier molecular flexibility index (Phi) is 5.40. The molecule has 0 aromatic heterocycles. The molecule has 17 heavy (non-hydrogen) atoms. The van der Waals surface area contributed by atoms with Gasteiger partial charge in [-0.2, -0.15) is 0 Å². The first-order valence-corrected chi connectivity index (χ1v) is 6.27. The zero-order valence-corrected chi connectivity index (χ0v) is 11.7. The standard InChI is InChI=1S/C14H16BrNO/c1-4-5-12(9-17)14-11(3)7-6-10(2)8-13(15)16-14/h1,5,7-8,10,17H,6,9H2,2-3H3/b11-7+,12-5-,13-8-,16-14+. The number of rotatable bonds is 2. The minimum Gasteiger partial charge on any atom is -0.392 e. The number of terminal acetylenes is 1. The van der Waals surface area contributed by atoms with E-state index in [9.17, 15) is 5.11 Å². The van der Waals surface area contributed by atoms with Crippen molar-refractivity contribution in [2.24, 2.45) is 10.9 Å². The molecule has 0 aromatic rings. The van der Waals surface area contributed by atoms with Gasteiger partial charge in [-0.3, -0.25) is 0 Å². The fourth-order valence-electron chi connectivity index (χ4n) is 1.61. The molecule has 90 valence electrons. The lowest BCUT2D eigenvalue weighted by molar-refractivity contribution is 0.337. The molecule has 1 N–H and O–H groups in total. The van der Waals surface area contributed by atoms with Crippen LogP contribution in [-0.2, 0) is 0 Å². The fourth-order valence-corrected chi connectivity index (χ4v) is 2.24. The second kappa shape index (κ2) is 6.58. The molecule has 0 amide bonds. The topological polar surface area (TPSA) is 32.6 Å². The van der Waals surface area contributed by atoms with Gasteiger partial charge in [0.05, 0.1) is 12.3 Å². The largest absolute Gasteiger partial charge is 0.392 e. The molecule has 0 aromatic carbocycles. The number of aliphatic hydroxyl groups excluding tert-OH is 1. The summed E-state index contributed by atoms with van der Waals surface area (Å²) in [5, 5.41) is 9.32. The number of hydrogen-bond donors (Lipinski definition) is 1. The first-order valence-electron chi connectivity index (χ1n) is 5.48. The van der Waals surface area contributed by atoms with Crippen LogP contribution in [0.1, 0.15) is 20.3 Å². The Morgan fingerprint density at radius 3 is 3.06 bits per heavy atom.